The third kappa shape index (κ3) is 5.24. The summed E-state index contributed by atoms with van der Waals surface area (Å²) in [6, 6.07) is 19.5. The second-order valence-electron chi connectivity index (χ2n) is 10.3. The molecule has 2 aromatic heterocycles. The number of halogens is 3. The van der Waals surface area contributed by atoms with Crippen molar-refractivity contribution in [3.8, 4) is 17.3 Å². The van der Waals surface area contributed by atoms with Gasteiger partial charge in [0.15, 0.2) is 0 Å². The van der Waals surface area contributed by atoms with Gasteiger partial charge in [0, 0.05) is 30.2 Å². The minimum absolute atomic E-state index is 0.328. The number of rotatable bonds is 8. The zero-order chi connectivity index (χ0) is 29.6. The van der Waals surface area contributed by atoms with Crippen molar-refractivity contribution in [1.82, 2.24) is 14.3 Å². The van der Waals surface area contributed by atoms with Crippen LogP contribution in [0.4, 0.5) is 18.9 Å². The number of hydrogen-bond donors (Lipinski definition) is 1. The Balaban J connectivity index is 1.57. The summed E-state index contributed by atoms with van der Waals surface area (Å²) in [6.07, 6.45) is 2.53. The fourth-order valence-corrected chi connectivity index (χ4v) is 5.93. The Hall–Kier alpha value is -4.40. The molecule has 0 saturated heterocycles. The number of anilines is 1. The van der Waals surface area contributed by atoms with E-state index in [2.05, 4.69) is 6.07 Å². The van der Waals surface area contributed by atoms with Crippen molar-refractivity contribution in [1.29, 1.82) is 5.26 Å². The molecule has 2 heterocycles. The van der Waals surface area contributed by atoms with Crippen LogP contribution in [0.5, 0.6) is 0 Å². The molecule has 1 aliphatic carbocycles. The van der Waals surface area contributed by atoms with Crippen molar-refractivity contribution in [2.45, 2.75) is 37.0 Å². The molecule has 41 heavy (non-hydrogen) atoms. The maximum absolute atomic E-state index is 13.3. The number of alkyl halides is 3. The number of pyridine rings is 1. The molecule has 0 spiro atoms. The summed E-state index contributed by atoms with van der Waals surface area (Å²) in [6.45, 7) is 2.15. The Morgan fingerprint density at radius 1 is 1.07 bits per heavy atom. The van der Waals surface area contributed by atoms with Gasteiger partial charge >= 0.3 is 6.18 Å². The molecule has 11 heteroatoms. The van der Waals surface area contributed by atoms with E-state index >= 15 is 0 Å². The lowest BCUT2D eigenvalue weighted by Crippen LogP contribution is -2.54. The molecule has 1 aliphatic rings. The van der Waals surface area contributed by atoms with Gasteiger partial charge in [0.2, 0.25) is 10.0 Å². The highest BCUT2D eigenvalue weighted by atomic mass is 32.2. The largest absolute Gasteiger partial charge is 0.407 e. The number of benzene rings is 2. The molecule has 0 unspecified atom stereocenters. The first-order valence-corrected chi connectivity index (χ1v) is 14.1. The normalized spacial score (nSPS) is 13.5. The molecular weight excluding hydrogens is 551 g/mol. The Labute approximate surface area is 235 Å². The smallest absolute Gasteiger partial charge is 0.369 e. The number of nitrogens with zero attached hydrogens (tertiary/aromatic N) is 4. The minimum Gasteiger partial charge on any atom is -0.369 e. The lowest BCUT2D eigenvalue weighted by Gasteiger charge is -2.28. The van der Waals surface area contributed by atoms with E-state index in [4.69, 9.17) is 4.98 Å². The van der Waals surface area contributed by atoms with Crippen LogP contribution in [0.2, 0.25) is 0 Å². The Bertz CT molecular complexity index is 1830. The highest BCUT2D eigenvalue weighted by molar-refractivity contribution is 7.89. The number of nitrogens with one attached hydrogen (secondary N) is 1. The van der Waals surface area contributed by atoms with E-state index in [0.29, 0.717) is 34.4 Å². The van der Waals surface area contributed by atoms with Gasteiger partial charge in [0.25, 0.3) is 0 Å². The third-order valence-corrected chi connectivity index (χ3v) is 8.61. The Morgan fingerprint density at radius 2 is 1.73 bits per heavy atom. The van der Waals surface area contributed by atoms with Crippen molar-refractivity contribution in [3.63, 3.8) is 0 Å². The highest BCUT2D eigenvalue weighted by Crippen LogP contribution is 2.38. The van der Waals surface area contributed by atoms with E-state index in [1.54, 1.807) is 10.9 Å². The molecule has 5 rings (SSSR count). The summed E-state index contributed by atoms with van der Waals surface area (Å²) >= 11 is 0. The van der Waals surface area contributed by atoms with E-state index in [0.717, 1.165) is 30.8 Å². The first kappa shape index (κ1) is 28.1. The predicted octanol–water partition coefficient (Wildman–Crippen LogP) is 6.24. The van der Waals surface area contributed by atoms with Crippen molar-refractivity contribution in [3.05, 3.63) is 96.2 Å². The number of aromatic nitrogens is 2. The molecule has 0 aliphatic heterocycles. The summed E-state index contributed by atoms with van der Waals surface area (Å²) in [4.78, 5) is 6.40. The zero-order valence-corrected chi connectivity index (χ0v) is 23.3. The minimum atomic E-state index is -4.78. The highest BCUT2D eigenvalue weighted by Gasteiger charge is 2.49. The van der Waals surface area contributed by atoms with Crippen molar-refractivity contribution in [2.75, 3.05) is 11.9 Å². The van der Waals surface area contributed by atoms with Gasteiger partial charge < -0.3 is 4.90 Å². The summed E-state index contributed by atoms with van der Waals surface area (Å²) < 4.78 is 69.0. The van der Waals surface area contributed by atoms with Crippen LogP contribution in [0.25, 0.3) is 28.0 Å². The van der Waals surface area contributed by atoms with Gasteiger partial charge in [0.1, 0.15) is 17.3 Å². The molecule has 0 atom stereocenters. The van der Waals surface area contributed by atoms with Crippen LogP contribution in [0.3, 0.4) is 0 Å². The number of nitriles is 1. The van der Waals surface area contributed by atoms with Crippen LogP contribution >= 0.6 is 0 Å². The fourth-order valence-electron chi connectivity index (χ4n) is 4.53. The van der Waals surface area contributed by atoms with Gasteiger partial charge in [-0.25, -0.2) is 13.4 Å². The number of sulfonamides is 1. The predicted molar refractivity (Wildman–Crippen MR) is 152 cm³/mol. The summed E-state index contributed by atoms with van der Waals surface area (Å²) in [5, 5.41) is 10.9. The molecule has 4 aromatic rings. The summed E-state index contributed by atoms with van der Waals surface area (Å²) in [5.41, 5.74) is 1.95. The van der Waals surface area contributed by atoms with E-state index in [-0.39, 0.29) is 4.90 Å². The van der Waals surface area contributed by atoms with Gasteiger partial charge in [-0.2, -0.15) is 23.2 Å². The topological polar surface area (TPSA) is 91.0 Å². The Morgan fingerprint density at radius 3 is 2.29 bits per heavy atom. The molecule has 0 saturated carbocycles. The maximum Gasteiger partial charge on any atom is 0.407 e. The van der Waals surface area contributed by atoms with Gasteiger partial charge in [-0.05, 0) is 49.8 Å². The molecular formula is C30H26F3N5O2S. The summed E-state index contributed by atoms with van der Waals surface area (Å²) in [5.74, 6) is 0. The van der Waals surface area contributed by atoms with E-state index in [1.807, 2.05) is 71.1 Å². The molecule has 210 valence electrons. The second-order valence-corrected chi connectivity index (χ2v) is 12.0. The maximum atomic E-state index is 13.3. The van der Waals surface area contributed by atoms with Gasteiger partial charge in [-0.3, -0.25) is 4.57 Å². The monoisotopic (exact) mass is 577 g/mol. The van der Waals surface area contributed by atoms with Gasteiger partial charge in [-0.1, -0.05) is 48.5 Å². The van der Waals surface area contributed by atoms with Crippen molar-refractivity contribution in [2.24, 2.45) is 0 Å². The van der Waals surface area contributed by atoms with Crippen molar-refractivity contribution >= 4 is 32.4 Å². The molecule has 0 amide bonds. The Kier molecular flexibility index (Phi) is 7.01. The molecule has 7 nitrogen and oxygen atoms in total. The van der Waals surface area contributed by atoms with Crippen molar-refractivity contribution < 1.29 is 21.6 Å². The first-order chi connectivity index (χ1) is 19.3. The number of fused-ring (bicyclic) bond motifs is 1. The molecule has 0 fully saturated rings. The average Bonchev–Trinajstić information content (AvgIpc) is 3.20. The lowest BCUT2D eigenvalue weighted by atomic mass is 10.1. The van der Waals surface area contributed by atoms with Crippen LogP contribution < -0.4 is 9.62 Å². The number of hydrogen-bond acceptors (Lipinski definition) is 5. The first-order valence-electron chi connectivity index (χ1n) is 12.6. The molecule has 0 radical (unpaired) electrons. The SMILES string of the molecule is CN(Cc1ccccc1)c1cnc2c(c1)c(C#N)c(-c1ccc(S(=O)(=O)NC(C)(C)C(F)(F)F)cc1)n2C1=CC=C1. The van der Waals surface area contributed by atoms with Crippen LogP contribution in [0.15, 0.2) is 90.0 Å². The zero-order valence-electron chi connectivity index (χ0n) is 22.4. The van der Waals surface area contributed by atoms with E-state index in [9.17, 15) is 26.9 Å². The van der Waals surface area contributed by atoms with E-state index in [1.165, 1.54) is 24.3 Å². The fraction of sp³-hybridized carbons (Fsp3) is 0.200. The lowest BCUT2D eigenvalue weighted by molar-refractivity contribution is -0.180. The third-order valence-electron chi connectivity index (χ3n) is 6.94. The molecule has 0 bridgehead atoms. The van der Waals surface area contributed by atoms with Crippen LogP contribution in [-0.4, -0.2) is 36.7 Å². The van der Waals surface area contributed by atoms with E-state index < -0.39 is 21.7 Å². The van der Waals surface area contributed by atoms with Gasteiger partial charge in [-0.15, -0.1) is 0 Å². The van der Waals surface area contributed by atoms with Crippen LogP contribution in [0, 0.1) is 11.3 Å². The molecule has 1 N–H and O–H groups in total. The van der Waals surface area contributed by atoms with Crippen LogP contribution in [-0.2, 0) is 16.6 Å². The molecule has 2 aromatic carbocycles. The second kappa shape index (κ2) is 10.2. The standard InChI is InChI=1S/C30H26F3N5O2S/c1-29(2,30(31,32)33)36-41(39,40)24-14-12-21(13-15-24)27-26(17-34)25-16-23(37(3)19-20-8-5-4-6-9-20)18-35-28(25)38(27)22-10-7-11-22/h4-16,18,36H,19H2,1-3H3. The quantitative estimate of drug-likeness (QED) is 0.268. The van der Waals surface area contributed by atoms with Crippen LogP contribution in [0.1, 0.15) is 25.0 Å². The van der Waals surface area contributed by atoms with Gasteiger partial charge in [0.05, 0.1) is 28.0 Å². The number of allylic oxidation sites excluding steroid dienone is 4. The summed E-state index contributed by atoms with van der Waals surface area (Å²) in [7, 11) is -2.55. The average molecular weight is 578 g/mol.